The molecule has 18 heavy (non-hydrogen) atoms. The zero-order valence-corrected chi connectivity index (χ0v) is 13.0. The van der Waals surface area contributed by atoms with E-state index in [4.69, 9.17) is 4.74 Å². The van der Waals surface area contributed by atoms with Crippen LogP contribution in [0.4, 0.5) is 0 Å². The number of hydrogen-bond acceptors (Lipinski definition) is 4. The summed E-state index contributed by atoms with van der Waals surface area (Å²) in [6, 6.07) is 6.68. The number of ether oxygens (including phenoxy) is 1. The zero-order chi connectivity index (χ0) is 14.0. The summed E-state index contributed by atoms with van der Waals surface area (Å²) in [4.78, 5) is 0. The van der Waals surface area contributed by atoms with E-state index in [1.54, 1.807) is 38.3 Å². The topological polar surface area (TPSA) is 63.6 Å². The summed E-state index contributed by atoms with van der Waals surface area (Å²) in [5.41, 5.74) is 0.528. The predicted molar refractivity (Wildman–Crippen MR) is 74.7 cm³/mol. The van der Waals surface area contributed by atoms with Gasteiger partial charge in [-0.15, -0.1) is 0 Å². The van der Waals surface area contributed by atoms with Crippen molar-refractivity contribution in [1.29, 1.82) is 0 Å². The second-order valence-electron chi connectivity index (χ2n) is 4.09. The normalized spacial score (nSPS) is 16.9. The van der Waals surface area contributed by atoms with Crippen LogP contribution in [-0.4, -0.2) is 30.5 Å². The van der Waals surface area contributed by atoms with Gasteiger partial charge in [-0.1, -0.05) is 35.0 Å². The Morgan fingerprint density at radius 2 is 1.89 bits per heavy atom. The summed E-state index contributed by atoms with van der Waals surface area (Å²) in [6.45, 7) is 1.71. The molecule has 2 atom stereocenters. The van der Waals surface area contributed by atoms with Gasteiger partial charge in [0, 0.05) is 6.26 Å². The van der Waals surface area contributed by atoms with Crippen LogP contribution in [0, 0.1) is 0 Å². The third-order valence-corrected chi connectivity index (χ3v) is 7.44. The van der Waals surface area contributed by atoms with E-state index in [1.165, 1.54) is 0 Å². The monoisotopic (exact) mass is 336 g/mol. The van der Waals surface area contributed by atoms with Crippen LogP contribution < -0.4 is 4.74 Å². The SMILES string of the molecule is CC[C@@](Br)([C@H](O)c1ccc(OC)cc1)S(C)(=O)=O. The Morgan fingerprint density at radius 1 is 1.39 bits per heavy atom. The summed E-state index contributed by atoms with van der Waals surface area (Å²) >= 11 is 3.17. The Morgan fingerprint density at radius 3 is 2.22 bits per heavy atom. The lowest BCUT2D eigenvalue weighted by molar-refractivity contribution is 0.160. The summed E-state index contributed by atoms with van der Waals surface area (Å²) < 4.78 is 27.2. The molecule has 0 aliphatic heterocycles. The van der Waals surface area contributed by atoms with Gasteiger partial charge in [0.05, 0.1) is 7.11 Å². The number of aliphatic hydroxyl groups excluding tert-OH is 1. The number of rotatable bonds is 5. The first-order chi connectivity index (χ1) is 8.26. The summed E-state index contributed by atoms with van der Waals surface area (Å²) in [5.74, 6) is 0.655. The van der Waals surface area contributed by atoms with E-state index in [0.29, 0.717) is 11.3 Å². The molecule has 6 heteroatoms. The van der Waals surface area contributed by atoms with E-state index in [-0.39, 0.29) is 6.42 Å². The molecule has 1 N–H and O–H groups in total. The number of sulfone groups is 1. The molecule has 0 fully saturated rings. The van der Waals surface area contributed by atoms with Crippen molar-refractivity contribution in [3.63, 3.8) is 0 Å². The number of alkyl halides is 1. The molecular weight excluding hydrogens is 320 g/mol. The molecule has 0 aliphatic carbocycles. The Bertz CT molecular complexity index is 497. The molecule has 102 valence electrons. The van der Waals surface area contributed by atoms with Crippen molar-refractivity contribution in [2.24, 2.45) is 0 Å². The Kier molecular flexibility index (Phi) is 4.80. The fraction of sp³-hybridized carbons (Fsp3) is 0.500. The van der Waals surface area contributed by atoms with Crippen molar-refractivity contribution < 1.29 is 18.3 Å². The molecule has 0 saturated carbocycles. The number of hydrogen-bond donors (Lipinski definition) is 1. The number of methoxy groups -OCH3 is 1. The van der Waals surface area contributed by atoms with Crippen LogP contribution in [0.2, 0.25) is 0 Å². The van der Waals surface area contributed by atoms with Crippen LogP contribution in [0.3, 0.4) is 0 Å². The standard InChI is InChI=1S/C12H17BrO4S/c1-4-12(13,18(3,15)16)11(14)9-5-7-10(17-2)8-6-9/h5-8,11,14H,4H2,1-3H3/t11-,12+/m1/s1. The average molecular weight is 337 g/mol. The lowest BCUT2D eigenvalue weighted by Crippen LogP contribution is -2.37. The summed E-state index contributed by atoms with van der Waals surface area (Å²) in [5, 5.41) is 10.3. The van der Waals surface area contributed by atoms with Gasteiger partial charge in [-0.05, 0) is 24.1 Å². The van der Waals surface area contributed by atoms with Gasteiger partial charge in [-0.3, -0.25) is 0 Å². The lowest BCUT2D eigenvalue weighted by Gasteiger charge is -2.30. The van der Waals surface area contributed by atoms with Crippen LogP contribution in [0.15, 0.2) is 24.3 Å². The molecule has 1 rings (SSSR count). The first-order valence-corrected chi connectivity index (χ1v) is 8.15. The van der Waals surface area contributed by atoms with Crippen molar-refractivity contribution in [2.75, 3.05) is 13.4 Å². The van der Waals surface area contributed by atoms with E-state index >= 15 is 0 Å². The zero-order valence-electron chi connectivity index (χ0n) is 10.6. The van der Waals surface area contributed by atoms with Crippen LogP contribution in [-0.2, 0) is 9.84 Å². The molecule has 0 aromatic heterocycles. The van der Waals surface area contributed by atoms with Gasteiger partial charge in [-0.25, -0.2) is 8.42 Å². The molecule has 1 aromatic rings. The van der Waals surface area contributed by atoms with E-state index in [2.05, 4.69) is 15.9 Å². The van der Waals surface area contributed by atoms with Gasteiger partial charge in [0.1, 0.15) is 11.9 Å². The molecule has 0 heterocycles. The van der Waals surface area contributed by atoms with Gasteiger partial charge < -0.3 is 9.84 Å². The number of benzene rings is 1. The van der Waals surface area contributed by atoms with E-state index < -0.39 is 19.6 Å². The first kappa shape index (κ1) is 15.5. The molecular formula is C12H17BrO4S. The molecule has 4 nitrogen and oxygen atoms in total. The largest absolute Gasteiger partial charge is 0.497 e. The minimum Gasteiger partial charge on any atom is -0.497 e. The van der Waals surface area contributed by atoms with Gasteiger partial charge >= 0.3 is 0 Å². The lowest BCUT2D eigenvalue weighted by atomic mass is 10.0. The number of halogens is 1. The van der Waals surface area contributed by atoms with Crippen LogP contribution in [0.5, 0.6) is 5.75 Å². The van der Waals surface area contributed by atoms with Crippen LogP contribution >= 0.6 is 15.9 Å². The summed E-state index contributed by atoms with van der Waals surface area (Å²) in [6.07, 6.45) is 0.236. The van der Waals surface area contributed by atoms with E-state index in [0.717, 1.165) is 6.26 Å². The quantitative estimate of drug-likeness (QED) is 0.838. The fourth-order valence-electron chi connectivity index (χ4n) is 1.69. The van der Waals surface area contributed by atoms with Crippen molar-refractivity contribution in [3.05, 3.63) is 29.8 Å². The van der Waals surface area contributed by atoms with Crippen molar-refractivity contribution in [2.45, 2.75) is 23.1 Å². The third-order valence-electron chi connectivity index (χ3n) is 2.94. The second kappa shape index (κ2) is 5.59. The van der Waals surface area contributed by atoms with Gasteiger partial charge in [0.15, 0.2) is 13.5 Å². The highest BCUT2D eigenvalue weighted by molar-refractivity contribution is 9.11. The molecule has 0 radical (unpaired) electrons. The Labute approximate surface area is 116 Å². The van der Waals surface area contributed by atoms with Gasteiger partial charge in [-0.2, -0.15) is 0 Å². The van der Waals surface area contributed by atoms with Gasteiger partial charge in [0.25, 0.3) is 0 Å². The van der Waals surface area contributed by atoms with Crippen LogP contribution in [0.1, 0.15) is 25.0 Å². The maximum absolute atomic E-state index is 11.8. The fourth-order valence-corrected chi connectivity index (χ4v) is 3.02. The molecule has 0 spiro atoms. The molecule has 0 saturated heterocycles. The Balaban J connectivity index is 3.15. The molecule has 1 aromatic carbocycles. The van der Waals surface area contributed by atoms with Crippen molar-refractivity contribution in [1.82, 2.24) is 0 Å². The predicted octanol–water partition coefficient (Wildman–Crippen LogP) is 2.27. The van der Waals surface area contributed by atoms with Gasteiger partial charge in [0.2, 0.25) is 0 Å². The van der Waals surface area contributed by atoms with E-state index in [1.807, 2.05) is 0 Å². The smallest absolute Gasteiger partial charge is 0.166 e. The highest BCUT2D eigenvalue weighted by Crippen LogP contribution is 2.41. The third kappa shape index (κ3) is 2.87. The maximum Gasteiger partial charge on any atom is 0.166 e. The average Bonchev–Trinajstić information content (AvgIpc) is 2.35. The molecule has 0 amide bonds. The highest BCUT2D eigenvalue weighted by Gasteiger charge is 2.44. The molecule has 0 aliphatic rings. The summed E-state index contributed by atoms with van der Waals surface area (Å²) in [7, 11) is -1.90. The van der Waals surface area contributed by atoms with Crippen molar-refractivity contribution in [3.8, 4) is 5.75 Å². The number of aliphatic hydroxyl groups is 1. The van der Waals surface area contributed by atoms with E-state index in [9.17, 15) is 13.5 Å². The maximum atomic E-state index is 11.8. The van der Waals surface area contributed by atoms with Crippen molar-refractivity contribution >= 4 is 25.8 Å². The molecule has 0 unspecified atom stereocenters. The minimum absolute atomic E-state index is 0.263. The minimum atomic E-state index is -3.44. The first-order valence-electron chi connectivity index (χ1n) is 5.46. The van der Waals surface area contributed by atoms with Crippen LogP contribution in [0.25, 0.3) is 0 Å². The second-order valence-corrected chi connectivity index (χ2v) is 8.30. The Hall–Kier alpha value is -0.590. The highest BCUT2D eigenvalue weighted by atomic mass is 79.9. The molecule has 0 bridgehead atoms.